The lowest BCUT2D eigenvalue weighted by atomic mass is 9.80. The second kappa shape index (κ2) is 25.9. The molecule has 0 radical (unpaired) electrons. The smallest absolute Gasteiger partial charge is 0.307 e. The number of methoxy groups -OCH3 is 8. The van der Waals surface area contributed by atoms with Crippen LogP contribution in [0.1, 0.15) is 47.9 Å². The van der Waals surface area contributed by atoms with Gasteiger partial charge in [-0.1, -0.05) is 0 Å². The van der Waals surface area contributed by atoms with Crippen LogP contribution in [0.2, 0.25) is 0 Å². The second-order valence-corrected chi connectivity index (χ2v) is 15.5. The fraction of sp³-hybridized carbons (Fsp3) is 0.417. The molecule has 0 saturated carbocycles. The van der Waals surface area contributed by atoms with Gasteiger partial charge in [0.05, 0.1) is 68.7 Å². The molecule has 0 aliphatic heterocycles. The lowest BCUT2D eigenvalue weighted by Crippen LogP contribution is -2.28. The SMILES string of the molecule is COc1cc(C[C@@H](CCC(=O)O)[C@@H](Cc2cc(OC)c(O)c(OC)c2)C(=O)O)cc(OC)c1O.COc1cc(C[C@H](CCC(=O)O)[C@H](Cc2cc(OC)c(O)c(OC)c2)C(=O)O)cc(OC)c1O. The van der Waals surface area contributed by atoms with Crippen LogP contribution in [0.5, 0.6) is 69.0 Å². The first-order valence-corrected chi connectivity index (χ1v) is 20.9. The highest BCUT2D eigenvalue weighted by Gasteiger charge is 2.32. The molecule has 4 atom stereocenters. The van der Waals surface area contributed by atoms with Crippen molar-refractivity contribution < 1.29 is 97.9 Å². The van der Waals surface area contributed by atoms with Gasteiger partial charge in [-0.05, 0) is 121 Å². The summed E-state index contributed by atoms with van der Waals surface area (Å²) in [5, 5.41) is 79.2. The van der Waals surface area contributed by atoms with E-state index < -0.39 is 47.5 Å². The standard InChI is InChI=1S/2C24H30O10/c2*1-31-17-9-13(10-18(32-2)22(17)27)7-15(5-6-21(25)26)16(24(29)30)8-14-11-19(33-3)23(28)20(12-14)34-4/h2*9-12,15-16,27-28H,5-8H2,1-4H3,(H,25,26)(H,29,30)/t2*15-,16-/m10/s1. The monoisotopic (exact) mass is 956 g/mol. The van der Waals surface area contributed by atoms with Crippen molar-refractivity contribution in [1.82, 2.24) is 0 Å². The average Bonchev–Trinajstić information content (AvgIpc) is 3.31. The van der Waals surface area contributed by atoms with Gasteiger partial charge >= 0.3 is 23.9 Å². The highest BCUT2D eigenvalue weighted by molar-refractivity contribution is 5.73. The first kappa shape index (κ1) is 54.7. The van der Waals surface area contributed by atoms with Crippen molar-refractivity contribution >= 4 is 23.9 Å². The number of carboxylic acids is 4. The number of carbonyl (C=O) groups is 4. The van der Waals surface area contributed by atoms with Gasteiger partial charge < -0.3 is 78.7 Å². The van der Waals surface area contributed by atoms with E-state index >= 15 is 0 Å². The number of rotatable bonds is 26. The van der Waals surface area contributed by atoms with Crippen LogP contribution in [-0.2, 0) is 44.9 Å². The van der Waals surface area contributed by atoms with E-state index in [9.17, 15) is 60.0 Å². The molecular weight excluding hydrogens is 897 g/mol. The van der Waals surface area contributed by atoms with E-state index in [-0.39, 0.29) is 120 Å². The molecule has 0 amide bonds. The molecule has 8 N–H and O–H groups in total. The van der Waals surface area contributed by atoms with Crippen LogP contribution in [0.15, 0.2) is 48.5 Å². The fourth-order valence-electron chi connectivity index (χ4n) is 7.80. The lowest BCUT2D eigenvalue weighted by molar-refractivity contribution is -0.145. The van der Waals surface area contributed by atoms with Crippen LogP contribution in [0.3, 0.4) is 0 Å². The molecule has 0 saturated heterocycles. The Bertz CT molecular complexity index is 2100. The average molecular weight is 957 g/mol. The molecule has 0 fully saturated rings. The minimum absolute atomic E-state index is 0.0406. The molecule has 0 aliphatic carbocycles. The van der Waals surface area contributed by atoms with E-state index in [1.165, 1.54) is 81.1 Å². The molecule has 20 heteroatoms. The molecular formula is C48H60O20. The Balaban J connectivity index is 0.000000360. The van der Waals surface area contributed by atoms with Gasteiger partial charge in [0.2, 0.25) is 23.0 Å². The zero-order valence-electron chi connectivity index (χ0n) is 39.1. The van der Waals surface area contributed by atoms with Crippen LogP contribution in [-0.4, -0.2) is 122 Å². The Morgan fingerprint density at radius 3 is 0.721 bits per heavy atom. The Hall–Kier alpha value is -7.64. The van der Waals surface area contributed by atoms with Gasteiger partial charge in [-0.25, -0.2) is 0 Å². The third kappa shape index (κ3) is 14.7. The van der Waals surface area contributed by atoms with Crippen molar-refractivity contribution in [2.24, 2.45) is 23.7 Å². The number of ether oxygens (including phenoxy) is 8. The highest BCUT2D eigenvalue weighted by Crippen LogP contribution is 2.43. The molecule has 4 aromatic rings. The second-order valence-electron chi connectivity index (χ2n) is 15.5. The number of benzene rings is 4. The molecule has 4 rings (SSSR count). The number of phenolic OH excluding ortho intramolecular Hbond substituents is 4. The number of aromatic hydroxyl groups is 4. The first-order valence-electron chi connectivity index (χ1n) is 20.9. The molecule has 0 heterocycles. The van der Waals surface area contributed by atoms with E-state index in [4.69, 9.17) is 37.9 Å². The predicted octanol–water partition coefficient (Wildman–Crippen LogP) is 6.20. The summed E-state index contributed by atoms with van der Waals surface area (Å²) in [6, 6.07) is 12.4. The van der Waals surface area contributed by atoms with Crippen LogP contribution in [0.25, 0.3) is 0 Å². The Kier molecular flexibility index (Phi) is 20.8. The summed E-state index contributed by atoms with van der Waals surface area (Å²) >= 11 is 0. The van der Waals surface area contributed by atoms with Crippen molar-refractivity contribution in [3.05, 3.63) is 70.8 Å². The summed E-state index contributed by atoms with van der Waals surface area (Å²) in [7, 11) is 11.0. The van der Waals surface area contributed by atoms with Crippen molar-refractivity contribution in [1.29, 1.82) is 0 Å². The first-order chi connectivity index (χ1) is 32.3. The minimum atomic E-state index is -1.10. The Morgan fingerprint density at radius 1 is 0.368 bits per heavy atom. The molecule has 0 unspecified atom stereocenters. The van der Waals surface area contributed by atoms with Crippen molar-refractivity contribution in [2.75, 3.05) is 56.9 Å². The maximum Gasteiger partial charge on any atom is 0.307 e. The number of aliphatic carboxylic acids is 4. The van der Waals surface area contributed by atoms with Gasteiger partial charge in [-0.3, -0.25) is 19.2 Å². The maximum atomic E-state index is 12.3. The summed E-state index contributed by atoms with van der Waals surface area (Å²) in [6.07, 6.45) is 0.242. The molecule has 20 nitrogen and oxygen atoms in total. The van der Waals surface area contributed by atoms with E-state index in [1.807, 2.05) is 0 Å². The summed E-state index contributed by atoms with van der Waals surface area (Å²) in [5.74, 6) is -6.99. The van der Waals surface area contributed by atoms with Gasteiger partial charge in [-0.2, -0.15) is 0 Å². The van der Waals surface area contributed by atoms with Crippen LogP contribution >= 0.6 is 0 Å². The summed E-state index contributed by atoms with van der Waals surface area (Å²) in [5.41, 5.74) is 2.32. The van der Waals surface area contributed by atoms with E-state index in [1.54, 1.807) is 24.3 Å². The summed E-state index contributed by atoms with van der Waals surface area (Å²) in [6.45, 7) is 0. The third-order valence-corrected chi connectivity index (χ3v) is 11.3. The van der Waals surface area contributed by atoms with Gasteiger partial charge in [0.25, 0.3) is 0 Å². The quantitative estimate of drug-likeness (QED) is 0.0347. The zero-order chi connectivity index (χ0) is 50.8. The number of hydrogen-bond acceptors (Lipinski definition) is 16. The van der Waals surface area contributed by atoms with Crippen molar-refractivity contribution in [3.8, 4) is 69.0 Å². The topological polar surface area (TPSA) is 304 Å². The number of carboxylic acid groups (broad SMARTS) is 4. The van der Waals surface area contributed by atoms with Crippen LogP contribution in [0, 0.1) is 23.7 Å². The Morgan fingerprint density at radius 2 is 0.559 bits per heavy atom. The van der Waals surface area contributed by atoms with Gasteiger partial charge in [-0.15, -0.1) is 0 Å². The predicted molar refractivity (Wildman–Crippen MR) is 243 cm³/mol. The van der Waals surface area contributed by atoms with Gasteiger partial charge in [0.1, 0.15) is 0 Å². The van der Waals surface area contributed by atoms with Crippen LogP contribution in [0.4, 0.5) is 0 Å². The fourth-order valence-corrected chi connectivity index (χ4v) is 7.80. The minimum Gasteiger partial charge on any atom is -0.502 e. The summed E-state index contributed by atoms with van der Waals surface area (Å²) in [4.78, 5) is 47.2. The van der Waals surface area contributed by atoms with E-state index in [0.717, 1.165) is 0 Å². The zero-order valence-corrected chi connectivity index (χ0v) is 39.1. The molecule has 372 valence electrons. The largest absolute Gasteiger partial charge is 0.502 e. The Labute approximate surface area is 392 Å². The van der Waals surface area contributed by atoms with Gasteiger partial charge in [0, 0.05) is 12.8 Å². The van der Waals surface area contributed by atoms with Crippen molar-refractivity contribution in [2.45, 2.75) is 51.4 Å². The molecule has 0 bridgehead atoms. The summed E-state index contributed by atoms with van der Waals surface area (Å²) < 4.78 is 41.4. The van der Waals surface area contributed by atoms with Crippen LogP contribution < -0.4 is 37.9 Å². The normalized spacial score (nSPS) is 12.5. The molecule has 68 heavy (non-hydrogen) atoms. The highest BCUT2D eigenvalue weighted by atomic mass is 16.5. The van der Waals surface area contributed by atoms with Gasteiger partial charge in [0.15, 0.2) is 46.0 Å². The van der Waals surface area contributed by atoms with E-state index in [0.29, 0.717) is 22.3 Å². The number of phenols is 4. The lowest BCUT2D eigenvalue weighted by Gasteiger charge is -2.25. The number of hydrogen-bond donors (Lipinski definition) is 8. The van der Waals surface area contributed by atoms with E-state index in [2.05, 4.69) is 0 Å². The molecule has 0 aromatic heterocycles. The molecule has 4 aromatic carbocycles. The third-order valence-electron chi connectivity index (χ3n) is 11.3. The molecule has 0 aliphatic rings. The van der Waals surface area contributed by atoms with Crippen molar-refractivity contribution in [3.63, 3.8) is 0 Å². The maximum absolute atomic E-state index is 12.3. The molecule has 0 spiro atoms.